The largest absolute Gasteiger partial charge is 0.486 e. The third kappa shape index (κ3) is 11.7. The molecule has 2 aromatic carbocycles. The predicted octanol–water partition coefficient (Wildman–Crippen LogP) is 8.82. The average molecular weight is 761 g/mol. The first-order valence-electron chi connectivity index (χ1n) is 17.7. The average Bonchev–Trinajstić information content (AvgIpc) is 3.33. The zero-order valence-electron chi connectivity index (χ0n) is 33.4. The van der Waals surface area contributed by atoms with E-state index in [0.29, 0.717) is 5.15 Å². The first kappa shape index (κ1) is 44.3. The molecule has 290 valence electrons. The zero-order chi connectivity index (χ0) is 40.6. The maximum Gasteiger partial charge on any atom is 0.486 e. The molecule has 1 aliphatic heterocycles. The van der Waals surface area contributed by atoms with Crippen LogP contribution < -0.4 is 0 Å². The number of carbonyl (C=O) groups is 2. The highest BCUT2D eigenvalue weighted by molar-refractivity contribution is 6.51. The van der Waals surface area contributed by atoms with Gasteiger partial charge in [0.15, 0.2) is 0 Å². The quantitative estimate of drug-likeness (QED) is 0.102. The first-order chi connectivity index (χ1) is 25.0. The Balaban J connectivity index is 0.000000223. The maximum absolute atomic E-state index is 11.7. The predicted molar refractivity (Wildman–Crippen MR) is 216 cm³/mol. The summed E-state index contributed by atoms with van der Waals surface area (Å²) in [4.78, 5) is 31.6. The lowest BCUT2D eigenvalue weighted by atomic mass is 9.83. The number of nitrogens with zero attached hydrogens (tertiary/aromatic N) is 2. The number of fused-ring (bicyclic) bond motifs is 2. The van der Waals surface area contributed by atoms with Gasteiger partial charge in [0.05, 0.1) is 54.2 Å². The zero-order valence-corrected chi connectivity index (χ0v) is 34.2. The highest BCUT2D eigenvalue weighted by atomic mass is 35.5. The van der Waals surface area contributed by atoms with Gasteiger partial charge in [-0.2, -0.15) is 0 Å². The van der Waals surface area contributed by atoms with E-state index in [1.165, 1.54) is 14.2 Å². The van der Waals surface area contributed by atoms with E-state index in [1.807, 2.05) is 76.2 Å². The number of carbonyl (C=O) groups excluding carboxylic acids is 2. The molecule has 3 heterocycles. The van der Waals surface area contributed by atoms with Crippen molar-refractivity contribution in [3.05, 3.63) is 101 Å². The molecule has 2 N–H and O–H groups in total. The summed E-state index contributed by atoms with van der Waals surface area (Å²) in [6, 6.07) is 15.3. The monoisotopic (exact) mass is 760 g/mol. The maximum atomic E-state index is 11.7. The molecule has 0 aliphatic carbocycles. The molecule has 0 spiro atoms. The van der Waals surface area contributed by atoms with E-state index in [0.717, 1.165) is 38.4 Å². The summed E-state index contributed by atoms with van der Waals surface area (Å²) in [5.41, 5.74) is 0.399. The Morgan fingerprint density at radius 3 is 1.65 bits per heavy atom. The summed E-state index contributed by atoms with van der Waals surface area (Å²) < 4.78 is 21.1. The van der Waals surface area contributed by atoms with E-state index in [1.54, 1.807) is 78.1 Å². The SMILES string of the molecule is COC(=O)C(C)(C)/C=C/B1OC(C)(C)C(C)(C)O1.COC(=O)C(C)(C)/C=C/c1cc2cc([C@@H](C)O)ccc2cn1.C[C@@H](O)c1ccc2cnc(Cl)cc2c1. The standard InChI is InChI=1S/C18H21NO3.C13H23BO4.C11H10ClNO/c1-12(20)13-5-6-14-11-19-16(10-15(14)9-13)7-8-18(2,3)17(21)22-4;1-11(2,10(15)16-7)8-9-14-17-12(3,4)13(5,6)18-14;1-7(14)8-2-3-9-6-13-11(12)5-10(9)4-8/h5-12,20H,1-4H3;8-9H,1-7H3;2-7,14H,1H3/b8-7+;9-8+;/t12-;;7-/m1.1/s1. The molecule has 1 saturated heterocycles. The number of aliphatic hydroxyl groups excluding tert-OH is 2. The van der Waals surface area contributed by atoms with Crippen LogP contribution in [0.5, 0.6) is 0 Å². The molecule has 2 atom stereocenters. The van der Waals surface area contributed by atoms with Crippen molar-refractivity contribution in [2.45, 2.75) is 92.6 Å². The molecule has 10 nitrogen and oxygen atoms in total. The fourth-order valence-electron chi connectivity index (χ4n) is 5.16. The number of hydrogen-bond donors (Lipinski definition) is 2. The van der Waals surface area contributed by atoms with Crippen molar-refractivity contribution in [2.24, 2.45) is 10.8 Å². The molecule has 0 amide bonds. The van der Waals surface area contributed by atoms with Crippen molar-refractivity contribution in [2.75, 3.05) is 14.2 Å². The third-order valence-electron chi connectivity index (χ3n) is 9.48. The number of benzene rings is 2. The van der Waals surface area contributed by atoms with E-state index < -0.39 is 30.2 Å². The van der Waals surface area contributed by atoms with E-state index in [4.69, 9.17) is 30.4 Å². The number of esters is 2. The van der Waals surface area contributed by atoms with Crippen molar-refractivity contribution in [3.8, 4) is 0 Å². The summed E-state index contributed by atoms with van der Waals surface area (Å²) >= 11 is 5.78. The normalized spacial score (nSPS) is 16.4. The van der Waals surface area contributed by atoms with Crippen molar-refractivity contribution in [1.29, 1.82) is 0 Å². The Bertz CT molecular complexity index is 1970. The fourth-order valence-corrected chi connectivity index (χ4v) is 5.33. The highest BCUT2D eigenvalue weighted by Crippen LogP contribution is 2.37. The Morgan fingerprint density at radius 2 is 1.19 bits per heavy atom. The lowest BCUT2D eigenvalue weighted by Crippen LogP contribution is -2.41. The van der Waals surface area contributed by atoms with E-state index >= 15 is 0 Å². The Kier molecular flexibility index (Phi) is 14.8. The second-order valence-electron chi connectivity index (χ2n) is 15.4. The number of aliphatic hydroxyl groups is 2. The Morgan fingerprint density at radius 1 is 0.741 bits per heavy atom. The molecule has 12 heteroatoms. The summed E-state index contributed by atoms with van der Waals surface area (Å²) in [6.45, 7) is 18.6. The van der Waals surface area contributed by atoms with Gasteiger partial charge in [0.25, 0.3) is 0 Å². The van der Waals surface area contributed by atoms with Gasteiger partial charge in [-0.1, -0.05) is 54.0 Å². The van der Waals surface area contributed by atoms with Gasteiger partial charge in [0.2, 0.25) is 0 Å². The van der Waals surface area contributed by atoms with Crippen LogP contribution in [-0.2, 0) is 28.4 Å². The van der Waals surface area contributed by atoms with Crippen LogP contribution in [0.15, 0.2) is 79.1 Å². The number of pyridine rings is 2. The molecule has 54 heavy (non-hydrogen) atoms. The minimum absolute atomic E-state index is 0.282. The van der Waals surface area contributed by atoms with E-state index in [2.05, 4.69) is 9.97 Å². The van der Waals surface area contributed by atoms with Gasteiger partial charge in [0, 0.05) is 23.2 Å². The van der Waals surface area contributed by atoms with Crippen LogP contribution in [0.3, 0.4) is 0 Å². The number of rotatable bonds is 8. The highest BCUT2D eigenvalue weighted by Gasteiger charge is 2.50. The van der Waals surface area contributed by atoms with Gasteiger partial charge in [-0.15, -0.1) is 0 Å². The molecule has 5 rings (SSSR count). The molecule has 0 unspecified atom stereocenters. The fraction of sp³-hybridized carbons (Fsp3) is 0.429. The molecule has 4 aromatic rings. The van der Waals surface area contributed by atoms with Crippen LogP contribution in [0.4, 0.5) is 0 Å². The van der Waals surface area contributed by atoms with Gasteiger partial charge in [-0.25, -0.2) is 4.98 Å². The van der Waals surface area contributed by atoms with Crippen molar-refractivity contribution in [1.82, 2.24) is 9.97 Å². The summed E-state index contributed by atoms with van der Waals surface area (Å²) in [6.07, 6.45) is 7.91. The molecular formula is C42H54BClN2O8. The Labute approximate surface area is 324 Å². The second kappa shape index (κ2) is 18.0. The minimum atomic E-state index is -0.702. The van der Waals surface area contributed by atoms with Gasteiger partial charge >= 0.3 is 19.1 Å². The molecule has 1 fully saturated rings. The summed E-state index contributed by atoms with van der Waals surface area (Å²) in [7, 11) is 2.33. The second-order valence-corrected chi connectivity index (χ2v) is 15.8. The number of halogens is 1. The van der Waals surface area contributed by atoms with Crippen LogP contribution in [0.2, 0.25) is 5.15 Å². The number of methoxy groups -OCH3 is 2. The lowest BCUT2D eigenvalue weighted by molar-refractivity contribution is -0.148. The third-order valence-corrected chi connectivity index (χ3v) is 9.69. The van der Waals surface area contributed by atoms with Crippen LogP contribution in [0.1, 0.15) is 98.3 Å². The number of ether oxygens (including phenoxy) is 2. The van der Waals surface area contributed by atoms with Crippen LogP contribution in [-0.4, -0.2) is 64.7 Å². The molecule has 2 aromatic heterocycles. The van der Waals surface area contributed by atoms with Gasteiger partial charge in [0.1, 0.15) is 5.15 Å². The molecule has 0 radical (unpaired) electrons. The molecule has 1 aliphatic rings. The minimum Gasteiger partial charge on any atom is -0.468 e. The summed E-state index contributed by atoms with van der Waals surface area (Å²) in [5.74, 6) is 1.20. The summed E-state index contributed by atoms with van der Waals surface area (Å²) in [5, 5.41) is 23.6. The number of aromatic nitrogens is 2. The van der Waals surface area contributed by atoms with Gasteiger partial charge < -0.3 is 29.0 Å². The van der Waals surface area contributed by atoms with Crippen LogP contribution in [0, 0.1) is 10.8 Å². The van der Waals surface area contributed by atoms with Crippen molar-refractivity contribution >= 4 is 58.3 Å². The van der Waals surface area contributed by atoms with Crippen molar-refractivity contribution in [3.63, 3.8) is 0 Å². The number of hydrogen-bond acceptors (Lipinski definition) is 10. The molecule has 0 bridgehead atoms. The van der Waals surface area contributed by atoms with Gasteiger partial charge in [-0.3, -0.25) is 14.6 Å². The molecule has 0 saturated carbocycles. The molecular weight excluding hydrogens is 707 g/mol. The van der Waals surface area contributed by atoms with Crippen LogP contribution >= 0.6 is 11.6 Å². The van der Waals surface area contributed by atoms with Crippen molar-refractivity contribution < 1.29 is 38.6 Å². The van der Waals surface area contributed by atoms with Gasteiger partial charge in [-0.05, 0) is 121 Å². The van der Waals surface area contributed by atoms with E-state index in [-0.39, 0.29) is 23.1 Å². The smallest absolute Gasteiger partial charge is 0.468 e. The van der Waals surface area contributed by atoms with Crippen LogP contribution in [0.25, 0.3) is 27.6 Å². The topological polar surface area (TPSA) is 137 Å². The first-order valence-corrected chi connectivity index (χ1v) is 18.1. The van der Waals surface area contributed by atoms with E-state index in [9.17, 15) is 19.8 Å². The Hall–Kier alpha value is -4.13. The lowest BCUT2D eigenvalue weighted by Gasteiger charge is -2.32.